The average molecular weight is 409 g/mol. The van der Waals surface area contributed by atoms with Gasteiger partial charge in [-0.15, -0.1) is 0 Å². The summed E-state index contributed by atoms with van der Waals surface area (Å²) in [5.41, 5.74) is 2.55. The minimum Gasteiger partial charge on any atom is -0.312 e. The summed E-state index contributed by atoms with van der Waals surface area (Å²) in [6, 6.07) is 14.3. The number of halogens is 1. The molecule has 1 amide bonds. The maximum Gasteiger partial charge on any atom is 0.279 e. The molecule has 7 heteroatoms. The molecule has 2 heterocycles. The van der Waals surface area contributed by atoms with Gasteiger partial charge in [0.25, 0.3) is 5.56 Å². The summed E-state index contributed by atoms with van der Waals surface area (Å²) in [4.78, 5) is 29.5. The molecule has 0 saturated heterocycles. The van der Waals surface area contributed by atoms with Crippen LogP contribution in [0.5, 0.6) is 0 Å². The quantitative estimate of drug-likeness (QED) is 0.523. The van der Waals surface area contributed by atoms with Crippen LogP contribution in [0.1, 0.15) is 34.6 Å². The van der Waals surface area contributed by atoms with Crippen molar-refractivity contribution in [2.24, 2.45) is 7.05 Å². The van der Waals surface area contributed by atoms with E-state index in [1.54, 1.807) is 29.8 Å². The fourth-order valence-corrected chi connectivity index (χ4v) is 4.64. The Balaban J connectivity index is 1.75. The minimum atomic E-state index is -0.651. The van der Waals surface area contributed by atoms with Gasteiger partial charge in [0.15, 0.2) is 5.16 Å². The number of thioether (sulfide) groups is 1. The maximum atomic E-state index is 14.4. The highest BCUT2D eigenvalue weighted by atomic mass is 32.2. The molecule has 4 rings (SSSR count). The van der Waals surface area contributed by atoms with Crippen molar-refractivity contribution in [3.8, 4) is 0 Å². The summed E-state index contributed by atoms with van der Waals surface area (Å²) in [5, 5.41) is 3.29. The molecule has 0 radical (unpaired) electrons. The van der Waals surface area contributed by atoms with Crippen LogP contribution in [0.3, 0.4) is 0 Å². The van der Waals surface area contributed by atoms with Crippen LogP contribution in [0.2, 0.25) is 0 Å². The van der Waals surface area contributed by atoms with Crippen LogP contribution >= 0.6 is 11.8 Å². The van der Waals surface area contributed by atoms with E-state index in [9.17, 15) is 14.0 Å². The van der Waals surface area contributed by atoms with Gasteiger partial charge in [0, 0.05) is 25.1 Å². The average Bonchev–Trinajstić information content (AvgIpc) is 2.70. The number of aromatic nitrogens is 2. The molecule has 0 fully saturated rings. The number of hydrogen-bond acceptors (Lipinski definition) is 4. The molecule has 0 aliphatic carbocycles. The third kappa shape index (κ3) is 3.70. The molecule has 1 N–H and O–H groups in total. The molecule has 2 aromatic carbocycles. The summed E-state index contributed by atoms with van der Waals surface area (Å²) in [7, 11) is 1.76. The van der Waals surface area contributed by atoms with E-state index in [0.717, 1.165) is 11.1 Å². The van der Waals surface area contributed by atoms with Crippen molar-refractivity contribution < 1.29 is 9.18 Å². The van der Waals surface area contributed by atoms with E-state index in [0.29, 0.717) is 27.9 Å². The topological polar surface area (TPSA) is 64.0 Å². The molecule has 1 atom stereocenters. The van der Waals surface area contributed by atoms with Gasteiger partial charge >= 0.3 is 0 Å². The number of hydrogen-bond donors (Lipinski definition) is 1. The summed E-state index contributed by atoms with van der Waals surface area (Å²) < 4.78 is 16.1. The normalized spacial score (nSPS) is 15.7. The number of amides is 1. The van der Waals surface area contributed by atoms with E-state index in [4.69, 9.17) is 0 Å². The number of nitrogens with zero attached hydrogens (tertiary/aromatic N) is 2. The Labute approximate surface area is 172 Å². The molecule has 0 bridgehead atoms. The Morgan fingerprint density at radius 1 is 1.17 bits per heavy atom. The number of fused-ring (bicyclic) bond motifs is 1. The molecule has 0 saturated carbocycles. The Hall–Kier alpha value is -2.93. The zero-order valence-electron chi connectivity index (χ0n) is 16.1. The second kappa shape index (κ2) is 7.83. The summed E-state index contributed by atoms with van der Waals surface area (Å²) >= 11 is 1.43. The fourth-order valence-electron chi connectivity index (χ4n) is 3.60. The fraction of sp³-hybridized carbons (Fsp3) is 0.227. The van der Waals surface area contributed by atoms with Crippen molar-refractivity contribution in [1.82, 2.24) is 9.55 Å². The highest BCUT2D eigenvalue weighted by molar-refractivity contribution is 7.98. The number of nitrogens with one attached hydrogen (secondary N) is 1. The molecule has 3 aromatic rings. The van der Waals surface area contributed by atoms with Crippen molar-refractivity contribution in [3.05, 3.63) is 87.0 Å². The van der Waals surface area contributed by atoms with Crippen LogP contribution in [0.4, 0.5) is 10.2 Å². The van der Waals surface area contributed by atoms with Crippen molar-refractivity contribution >= 4 is 23.5 Å². The van der Waals surface area contributed by atoms with E-state index in [2.05, 4.69) is 10.3 Å². The first kappa shape index (κ1) is 19.4. The summed E-state index contributed by atoms with van der Waals surface area (Å²) in [6.45, 7) is 2.04. The van der Waals surface area contributed by atoms with E-state index >= 15 is 0 Å². The van der Waals surface area contributed by atoms with Crippen LogP contribution in [-0.4, -0.2) is 15.5 Å². The lowest BCUT2D eigenvalue weighted by Crippen LogP contribution is -2.33. The number of carbonyl (C=O) groups excluding carboxylic acids is 1. The first-order valence-electron chi connectivity index (χ1n) is 9.28. The molecule has 0 spiro atoms. The number of benzene rings is 2. The standard InChI is InChI=1S/C22H20FN3O2S/c1-13-7-3-4-8-14(13)12-29-22-25-21(28)19-16(15-9-5-6-10-17(15)23)11-18(27)24-20(19)26(22)2/h3-10,16H,11-12H2,1-2H3,(H,24,27). The van der Waals surface area contributed by atoms with Gasteiger partial charge in [-0.3, -0.25) is 9.59 Å². The zero-order valence-corrected chi connectivity index (χ0v) is 16.9. The monoisotopic (exact) mass is 409 g/mol. The van der Waals surface area contributed by atoms with Crippen molar-refractivity contribution in [3.63, 3.8) is 0 Å². The molecule has 1 aliphatic rings. The SMILES string of the molecule is Cc1ccccc1CSc1nc(=O)c2c(n1C)NC(=O)CC2c1ccccc1F. The van der Waals surface area contributed by atoms with Gasteiger partial charge in [-0.05, 0) is 29.7 Å². The third-order valence-electron chi connectivity index (χ3n) is 5.20. The van der Waals surface area contributed by atoms with Gasteiger partial charge in [-0.2, -0.15) is 4.98 Å². The number of anilines is 1. The second-order valence-corrected chi connectivity index (χ2v) is 8.00. The Morgan fingerprint density at radius 2 is 1.90 bits per heavy atom. The summed E-state index contributed by atoms with van der Waals surface area (Å²) in [5.74, 6) is -0.292. The predicted octanol–water partition coefficient (Wildman–Crippen LogP) is 3.99. The number of aryl methyl sites for hydroxylation is 1. The molecular weight excluding hydrogens is 389 g/mol. The van der Waals surface area contributed by atoms with Gasteiger partial charge in [-0.25, -0.2) is 4.39 Å². The van der Waals surface area contributed by atoms with Gasteiger partial charge in [0.05, 0.1) is 5.56 Å². The largest absolute Gasteiger partial charge is 0.312 e. The van der Waals surface area contributed by atoms with E-state index in [-0.39, 0.29) is 12.3 Å². The first-order chi connectivity index (χ1) is 14.0. The Kier molecular flexibility index (Phi) is 5.24. The molecule has 1 unspecified atom stereocenters. The smallest absolute Gasteiger partial charge is 0.279 e. The maximum absolute atomic E-state index is 14.4. The van der Waals surface area contributed by atoms with Crippen LogP contribution in [0, 0.1) is 12.7 Å². The van der Waals surface area contributed by atoms with Gasteiger partial charge in [-0.1, -0.05) is 54.2 Å². The molecule has 1 aromatic heterocycles. The highest BCUT2D eigenvalue weighted by Gasteiger charge is 2.33. The molecule has 5 nitrogen and oxygen atoms in total. The van der Waals surface area contributed by atoms with Gasteiger partial charge in [0.1, 0.15) is 11.6 Å². The molecular formula is C22H20FN3O2S. The van der Waals surface area contributed by atoms with Gasteiger partial charge < -0.3 is 9.88 Å². The van der Waals surface area contributed by atoms with Crippen molar-refractivity contribution in [2.75, 3.05) is 5.32 Å². The van der Waals surface area contributed by atoms with Crippen LogP contribution in [0.15, 0.2) is 58.5 Å². The van der Waals surface area contributed by atoms with E-state index < -0.39 is 17.3 Å². The lowest BCUT2D eigenvalue weighted by molar-refractivity contribution is -0.116. The predicted molar refractivity (Wildman–Crippen MR) is 112 cm³/mol. The van der Waals surface area contributed by atoms with Gasteiger partial charge in [0.2, 0.25) is 5.91 Å². The van der Waals surface area contributed by atoms with Crippen LogP contribution in [-0.2, 0) is 17.6 Å². The van der Waals surface area contributed by atoms with Crippen molar-refractivity contribution in [2.45, 2.75) is 30.2 Å². The second-order valence-electron chi connectivity index (χ2n) is 7.06. The molecule has 29 heavy (non-hydrogen) atoms. The third-order valence-corrected chi connectivity index (χ3v) is 6.28. The number of rotatable bonds is 4. The molecule has 148 valence electrons. The summed E-state index contributed by atoms with van der Waals surface area (Å²) in [6.07, 6.45) is 0.0144. The lowest BCUT2D eigenvalue weighted by atomic mass is 9.86. The first-order valence-corrected chi connectivity index (χ1v) is 10.3. The molecule has 1 aliphatic heterocycles. The zero-order chi connectivity index (χ0) is 20.5. The Bertz CT molecular complexity index is 1160. The highest BCUT2D eigenvalue weighted by Crippen LogP contribution is 2.37. The van der Waals surface area contributed by atoms with E-state index in [1.807, 2.05) is 31.2 Å². The number of carbonyl (C=O) groups is 1. The Morgan fingerprint density at radius 3 is 2.66 bits per heavy atom. The van der Waals surface area contributed by atoms with Crippen molar-refractivity contribution in [1.29, 1.82) is 0 Å². The van der Waals surface area contributed by atoms with Crippen LogP contribution < -0.4 is 10.9 Å². The minimum absolute atomic E-state index is 0.0144. The van der Waals surface area contributed by atoms with E-state index in [1.165, 1.54) is 17.8 Å². The lowest BCUT2D eigenvalue weighted by Gasteiger charge is -2.27. The van der Waals surface area contributed by atoms with Crippen LogP contribution in [0.25, 0.3) is 0 Å².